The summed E-state index contributed by atoms with van der Waals surface area (Å²) >= 11 is 9.32. The summed E-state index contributed by atoms with van der Waals surface area (Å²) in [6.45, 7) is 0.587. The Hall–Kier alpha value is -0.830. The minimum atomic E-state index is 0.223. The van der Waals surface area contributed by atoms with Crippen molar-refractivity contribution in [3.8, 4) is 0 Å². The number of benzene rings is 2. The third kappa shape index (κ3) is 3.09. The van der Waals surface area contributed by atoms with Crippen LogP contribution in [0.25, 0.3) is 0 Å². The van der Waals surface area contributed by atoms with E-state index in [4.69, 9.17) is 17.3 Å². The zero-order valence-electron chi connectivity index (χ0n) is 9.24. The molecule has 2 rings (SSSR count). The van der Waals surface area contributed by atoms with Crippen molar-refractivity contribution in [2.75, 3.05) is 6.54 Å². The number of nitrogens with two attached hydrogens (primary N) is 1. The molecule has 0 bridgehead atoms. The highest BCUT2D eigenvalue weighted by Crippen LogP contribution is 2.26. The minimum absolute atomic E-state index is 0.223. The normalized spacial score (nSPS) is 12.4. The second kappa shape index (κ2) is 5.67. The summed E-state index contributed by atoms with van der Waals surface area (Å²) in [5.41, 5.74) is 8.28. The van der Waals surface area contributed by atoms with Crippen LogP contribution in [0.4, 0.5) is 0 Å². The van der Waals surface area contributed by atoms with Crippen LogP contribution in [-0.4, -0.2) is 6.54 Å². The molecule has 2 aromatic carbocycles. The second-order valence-corrected chi connectivity index (χ2v) is 5.24. The van der Waals surface area contributed by atoms with Gasteiger partial charge in [-0.15, -0.1) is 0 Å². The van der Waals surface area contributed by atoms with Crippen molar-refractivity contribution in [1.29, 1.82) is 0 Å². The van der Waals surface area contributed by atoms with E-state index in [1.165, 1.54) is 11.1 Å². The predicted octanol–water partition coefficient (Wildman–Crippen LogP) is 4.19. The molecule has 0 radical (unpaired) electrons. The van der Waals surface area contributed by atoms with Crippen LogP contribution >= 0.6 is 27.5 Å². The number of rotatable bonds is 3. The molecule has 3 heteroatoms. The Kier molecular flexibility index (Phi) is 4.21. The zero-order chi connectivity index (χ0) is 12.3. The van der Waals surface area contributed by atoms with Gasteiger partial charge in [-0.3, -0.25) is 0 Å². The summed E-state index contributed by atoms with van der Waals surface area (Å²) in [6, 6.07) is 16.1. The molecular weight excluding hydrogens is 298 g/mol. The first-order chi connectivity index (χ1) is 8.20. The molecule has 0 heterocycles. The highest BCUT2D eigenvalue weighted by Gasteiger charge is 2.11. The molecule has 1 unspecified atom stereocenters. The summed E-state index contributed by atoms with van der Waals surface area (Å²) in [7, 11) is 0. The van der Waals surface area contributed by atoms with Crippen molar-refractivity contribution in [1.82, 2.24) is 0 Å². The summed E-state index contributed by atoms with van der Waals surface area (Å²) < 4.78 is 1.08. The summed E-state index contributed by atoms with van der Waals surface area (Å²) in [4.78, 5) is 0. The van der Waals surface area contributed by atoms with E-state index in [1.807, 2.05) is 36.4 Å². The van der Waals surface area contributed by atoms with E-state index < -0.39 is 0 Å². The molecule has 2 N–H and O–H groups in total. The van der Waals surface area contributed by atoms with E-state index >= 15 is 0 Å². The van der Waals surface area contributed by atoms with Gasteiger partial charge in [-0.25, -0.2) is 0 Å². The quantitative estimate of drug-likeness (QED) is 0.903. The number of halogens is 2. The minimum Gasteiger partial charge on any atom is -0.330 e. The van der Waals surface area contributed by atoms with E-state index in [2.05, 4.69) is 28.1 Å². The van der Waals surface area contributed by atoms with Crippen molar-refractivity contribution in [2.24, 2.45) is 5.73 Å². The van der Waals surface area contributed by atoms with E-state index in [-0.39, 0.29) is 5.92 Å². The average Bonchev–Trinajstić information content (AvgIpc) is 2.35. The molecule has 0 amide bonds. The van der Waals surface area contributed by atoms with E-state index in [1.54, 1.807) is 0 Å². The lowest BCUT2D eigenvalue weighted by Gasteiger charge is -2.16. The number of hydrogen-bond donors (Lipinski definition) is 1. The topological polar surface area (TPSA) is 26.0 Å². The molecule has 0 saturated carbocycles. The SMILES string of the molecule is NCC(c1ccc(Cl)cc1)c1ccc(Br)cc1. The van der Waals surface area contributed by atoms with Gasteiger partial charge >= 0.3 is 0 Å². The fourth-order valence-corrected chi connectivity index (χ4v) is 2.25. The van der Waals surface area contributed by atoms with Gasteiger partial charge in [-0.2, -0.15) is 0 Å². The fraction of sp³-hybridized carbons (Fsp3) is 0.143. The Morgan fingerprint density at radius 3 is 1.88 bits per heavy atom. The average molecular weight is 311 g/mol. The molecule has 0 aliphatic heterocycles. The molecule has 17 heavy (non-hydrogen) atoms. The molecule has 0 saturated heterocycles. The monoisotopic (exact) mass is 309 g/mol. The summed E-state index contributed by atoms with van der Waals surface area (Å²) in [6.07, 6.45) is 0. The third-order valence-corrected chi connectivity index (χ3v) is 3.56. The van der Waals surface area contributed by atoms with Crippen molar-refractivity contribution in [3.05, 3.63) is 69.2 Å². The highest BCUT2D eigenvalue weighted by molar-refractivity contribution is 9.10. The molecule has 0 fully saturated rings. The summed E-state index contributed by atoms with van der Waals surface area (Å²) in [5.74, 6) is 0.223. The second-order valence-electron chi connectivity index (χ2n) is 3.89. The first kappa shape index (κ1) is 12.6. The van der Waals surface area contributed by atoms with Crippen LogP contribution in [0.3, 0.4) is 0 Å². The molecule has 0 aliphatic carbocycles. The Morgan fingerprint density at radius 2 is 1.41 bits per heavy atom. The lowest BCUT2D eigenvalue weighted by Crippen LogP contribution is -2.13. The first-order valence-electron chi connectivity index (χ1n) is 5.41. The molecule has 0 aliphatic rings. The van der Waals surface area contributed by atoms with Crippen LogP contribution in [0, 0.1) is 0 Å². The van der Waals surface area contributed by atoms with E-state index in [9.17, 15) is 0 Å². The third-order valence-electron chi connectivity index (χ3n) is 2.78. The van der Waals surface area contributed by atoms with Crippen molar-refractivity contribution < 1.29 is 0 Å². The molecular formula is C14H13BrClN. The van der Waals surface area contributed by atoms with Gasteiger partial charge in [0.15, 0.2) is 0 Å². The van der Waals surface area contributed by atoms with Crippen molar-refractivity contribution in [2.45, 2.75) is 5.92 Å². The van der Waals surface area contributed by atoms with Crippen molar-refractivity contribution in [3.63, 3.8) is 0 Å². The summed E-state index contributed by atoms with van der Waals surface area (Å²) in [5, 5.41) is 0.750. The molecule has 1 nitrogen and oxygen atoms in total. The maximum absolute atomic E-state index is 5.89. The smallest absolute Gasteiger partial charge is 0.0406 e. The molecule has 2 aromatic rings. The van der Waals surface area contributed by atoms with Crippen LogP contribution < -0.4 is 5.73 Å². The molecule has 0 aromatic heterocycles. The Morgan fingerprint density at radius 1 is 0.941 bits per heavy atom. The zero-order valence-corrected chi connectivity index (χ0v) is 11.6. The lowest BCUT2D eigenvalue weighted by molar-refractivity contribution is 0.819. The largest absolute Gasteiger partial charge is 0.330 e. The van der Waals surface area contributed by atoms with Gasteiger partial charge in [0.25, 0.3) is 0 Å². The van der Waals surface area contributed by atoms with E-state index in [0.717, 1.165) is 9.50 Å². The van der Waals surface area contributed by atoms with Crippen LogP contribution in [0.2, 0.25) is 5.02 Å². The maximum atomic E-state index is 5.89. The van der Waals surface area contributed by atoms with Gasteiger partial charge in [-0.05, 0) is 35.4 Å². The van der Waals surface area contributed by atoms with Crippen LogP contribution in [0.15, 0.2) is 53.0 Å². The van der Waals surface area contributed by atoms with Gasteiger partial charge in [0.05, 0.1) is 0 Å². The van der Waals surface area contributed by atoms with Gasteiger partial charge in [0.1, 0.15) is 0 Å². The number of hydrogen-bond acceptors (Lipinski definition) is 1. The molecule has 0 spiro atoms. The Bertz CT molecular complexity index is 433. The lowest BCUT2D eigenvalue weighted by atomic mass is 9.91. The molecule has 88 valence electrons. The standard InChI is InChI=1S/C14H13BrClN/c15-12-5-1-10(2-6-12)14(9-17)11-3-7-13(16)8-4-11/h1-8,14H,9,17H2. The van der Waals surface area contributed by atoms with E-state index in [0.29, 0.717) is 6.54 Å². The first-order valence-corrected chi connectivity index (χ1v) is 6.59. The Labute approximate surface area is 115 Å². The van der Waals surface area contributed by atoms with Gasteiger partial charge in [-0.1, -0.05) is 51.8 Å². The van der Waals surface area contributed by atoms with Gasteiger partial charge in [0, 0.05) is 22.0 Å². The highest BCUT2D eigenvalue weighted by atomic mass is 79.9. The van der Waals surface area contributed by atoms with Crippen LogP contribution in [0.5, 0.6) is 0 Å². The Balaban J connectivity index is 2.33. The maximum Gasteiger partial charge on any atom is 0.0406 e. The van der Waals surface area contributed by atoms with Crippen LogP contribution in [0.1, 0.15) is 17.0 Å². The van der Waals surface area contributed by atoms with Gasteiger partial charge < -0.3 is 5.73 Å². The fourth-order valence-electron chi connectivity index (χ4n) is 1.85. The van der Waals surface area contributed by atoms with Crippen molar-refractivity contribution >= 4 is 27.5 Å². The predicted molar refractivity (Wildman–Crippen MR) is 76.5 cm³/mol. The van der Waals surface area contributed by atoms with Crippen LogP contribution in [-0.2, 0) is 0 Å². The van der Waals surface area contributed by atoms with Gasteiger partial charge in [0.2, 0.25) is 0 Å². The molecule has 1 atom stereocenters.